The van der Waals surface area contributed by atoms with Gasteiger partial charge >= 0.3 is 5.97 Å². The van der Waals surface area contributed by atoms with Gasteiger partial charge < -0.3 is 9.84 Å². The van der Waals surface area contributed by atoms with Crippen LogP contribution in [0.25, 0.3) is 0 Å². The summed E-state index contributed by atoms with van der Waals surface area (Å²) in [5.74, 6) is -0.769. The zero-order valence-electron chi connectivity index (χ0n) is 10.4. The molecular formula is C11H23NO3. The Bertz CT molecular complexity index is 204. The van der Waals surface area contributed by atoms with Gasteiger partial charge in [0.2, 0.25) is 0 Å². The molecule has 1 atom stereocenters. The van der Waals surface area contributed by atoms with Crippen molar-refractivity contribution in [2.24, 2.45) is 5.41 Å². The first-order valence-electron chi connectivity index (χ1n) is 5.47. The lowest BCUT2D eigenvalue weighted by Crippen LogP contribution is -2.53. The third kappa shape index (κ3) is 3.47. The molecule has 0 aromatic rings. The second-order valence-corrected chi connectivity index (χ2v) is 4.10. The Morgan fingerprint density at radius 3 is 2.40 bits per heavy atom. The summed E-state index contributed by atoms with van der Waals surface area (Å²) in [6.07, 6.45) is 0. The molecule has 15 heavy (non-hydrogen) atoms. The highest BCUT2D eigenvalue weighted by molar-refractivity contribution is 5.74. The van der Waals surface area contributed by atoms with Crippen molar-refractivity contribution in [3.05, 3.63) is 0 Å². The van der Waals surface area contributed by atoms with Crippen LogP contribution in [0.3, 0.4) is 0 Å². The van der Waals surface area contributed by atoms with Crippen molar-refractivity contribution in [2.45, 2.75) is 33.7 Å². The number of nitrogens with zero attached hydrogens (tertiary/aromatic N) is 1. The lowest BCUT2D eigenvalue weighted by Gasteiger charge is -2.40. The van der Waals surface area contributed by atoms with E-state index in [9.17, 15) is 4.79 Å². The molecular weight excluding hydrogens is 194 g/mol. The zero-order valence-corrected chi connectivity index (χ0v) is 10.4. The fraction of sp³-hybridized carbons (Fsp3) is 0.909. The molecule has 1 saturated heterocycles. The number of carboxylic acid groups (broad SMARTS) is 1. The van der Waals surface area contributed by atoms with Crippen LogP contribution in [0, 0.1) is 5.41 Å². The number of rotatable bonds is 2. The van der Waals surface area contributed by atoms with E-state index in [0.717, 1.165) is 6.54 Å². The van der Waals surface area contributed by atoms with Crippen LogP contribution in [-0.4, -0.2) is 48.8 Å². The third-order valence-corrected chi connectivity index (χ3v) is 2.78. The molecule has 0 bridgehead atoms. The number of ether oxygens (including phenoxy) is 1. The molecule has 1 aliphatic heterocycles. The maximum atomic E-state index is 11.0. The van der Waals surface area contributed by atoms with Gasteiger partial charge in [-0.05, 0) is 20.9 Å². The van der Waals surface area contributed by atoms with Crippen molar-refractivity contribution < 1.29 is 14.6 Å². The van der Waals surface area contributed by atoms with Crippen LogP contribution in [0.1, 0.15) is 27.7 Å². The molecule has 0 aromatic heterocycles. The van der Waals surface area contributed by atoms with E-state index in [1.807, 2.05) is 20.9 Å². The Balaban J connectivity index is 0.000000921. The molecule has 1 rings (SSSR count). The first kappa shape index (κ1) is 14.4. The first-order valence-corrected chi connectivity index (χ1v) is 5.47. The van der Waals surface area contributed by atoms with Crippen molar-refractivity contribution in [1.29, 1.82) is 0 Å². The van der Waals surface area contributed by atoms with E-state index in [4.69, 9.17) is 9.84 Å². The molecule has 4 nitrogen and oxygen atoms in total. The second-order valence-electron chi connectivity index (χ2n) is 4.10. The number of carbonyl (C=O) groups is 1. The van der Waals surface area contributed by atoms with Gasteiger partial charge in [-0.3, -0.25) is 9.69 Å². The number of likely N-dealkylation sites (N-methyl/N-ethyl adjacent to an activating group) is 1. The smallest absolute Gasteiger partial charge is 0.310 e. The monoisotopic (exact) mass is 217 g/mol. The molecule has 0 amide bonds. The lowest BCUT2D eigenvalue weighted by molar-refractivity contribution is -0.155. The number of morpholine rings is 1. The highest BCUT2D eigenvalue weighted by atomic mass is 16.5. The minimum Gasteiger partial charge on any atom is -0.481 e. The van der Waals surface area contributed by atoms with Crippen LogP contribution in [0.4, 0.5) is 0 Å². The zero-order chi connectivity index (χ0) is 12.1. The average Bonchev–Trinajstić information content (AvgIpc) is 2.21. The summed E-state index contributed by atoms with van der Waals surface area (Å²) in [5, 5.41) is 9.03. The van der Waals surface area contributed by atoms with Gasteiger partial charge in [0.1, 0.15) is 0 Å². The number of hydrogen-bond acceptors (Lipinski definition) is 3. The van der Waals surface area contributed by atoms with Crippen LogP contribution in [0.5, 0.6) is 0 Å². The number of aliphatic carboxylic acids is 1. The van der Waals surface area contributed by atoms with Crippen molar-refractivity contribution in [2.75, 3.05) is 26.8 Å². The normalized spacial score (nSPS) is 22.9. The van der Waals surface area contributed by atoms with Crippen LogP contribution in [0.15, 0.2) is 0 Å². The van der Waals surface area contributed by atoms with E-state index in [-0.39, 0.29) is 6.04 Å². The third-order valence-electron chi connectivity index (χ3n) is 2.78. The fourth-order valence-electron chi connectivity index (χ4n) is 1.59. The van der Waals surface area contributed by atoms with Crippen LogP contribution >= 0.6 is 0 Å². The van der Waals surface area contributed by atoms with Gasteiger partial charge in [0, 0.05) is 12.6 Å². The number of hydrogen-bond donors (Lipinski definition) is 1. The van der Waals surface area contributed by atoms with Crippen molar-refractivity contribution in [3.63, 3.8) is 0 Å². The molecule has 0 spiro atoms. The average molecular weight is 217 g/mol. The summed E-state index contributed by atoms with van der Waals surface area (Å²) in [7, 11) is 1.94. The Labute approximate surface area is 92.2 Å². The van der Waals surface area contributed by atoms with E-state index in [0.29, 0.717) is 13.2 Å². The number of carboxylic acids is 1. The molecule has 1 heterocycles. The molecule has 0 aromatic carbocycles. The molecule has 0 radical (unpaired) electrons. The molecule has 0 saturated carbocycles. The van der Waals surface area contributed by atoms with Gasteiger partial charge in [-0.25, -0.2) is 0 Å². The molecule has 0 aliphatic carbocycles. The summed E-state index contributed by atoms with van der Waals surface area (Å²) in [6, 6.07) is -0.0289. The van der Waals surface area contributed by atoms with Gasteiger partial charge in [-0.2, -0.15) is 0 Å². The molecule has 90 valence electrons. The van der Waals surface area contributed by atoms with E-state index in [1.165, 1.54) is 0 Å². The fourth-order valence-corrected chi connectivity index (χ4v) is 1.59. The molecule has 1 fully saturated rings. The summed E-state index contributed by atoms with van der Waals surface area (Å²) in [5.41, 5.74) is -0.741. The maximum absolute atomic E-state index is 11.0. The molecule has 1 unspecified atom stereocenters. The maximum Gasteiger partial charge on any atom is 0.310 e. The van der Waals surface area contributed by atoms with Gasteiger partial charge in [-0.15, -0.1) is 0 Å². The summed E-state index contributed by atoms with van der Waals surface area (Å²) >= 11 is 0. The Kier molecular flexibility index (Phi) is 5.83. The largest absolute Gasteiger partial charge is 0.481 e. The lowest BCUT2D eigenvalue weighted by atomic mass is 9.83. The molecule has 1 N–H and O–H groups in total. The van der Waals surface area contributed by atoms with Crippen molar-refractivity contribution in [3.8, 4) is 0 Å². The van der Waals surface area contributed by atoms with Gasteiger partial charge in [0.05, 0.1) is 18.6 Å². The summed E-state index contributed by atoms with van der Waals surface area (Å²) < 4.78 is 5.28. The van der Waals surface area contributed by atoms with Crippen molar-refractivity contribution >= 4 is 5.97 Å². The van der Waals surface area contributed by atoms with E-state index >= 15 is 0 Å². The van der Waals surface area contributed by atoms with Crippen LogP contribution < -0.4 is 0 Å². The van der Waals surface area contributed by atoms with E-state index < -0.39 is 11.4 Å². The molecule has 1 aliphatic rings. The van der Waals surface area contributed by atoms with E-state index in [1.54, 1.807) is 13.8 Å². The van der Waals surface area contributed by atoms with Gasteiger partial charge in [0.15, 0.2) is 0 Å². The molecule has 4 heteroatoms. The topological polar surface area (TPSA) is 49.8 Å². The standard InChI is InChI=1S/C9H17NO3.C2H6/c1-9(2,8(11)12)7-6-13-5-4-10(7)3;1-2/h7H,4-6H2,1-3H3,(H,11,12);1-2H3. The predicted octanol–water partition coefficient (Wildman–Crippen LogP) is 1.45. The highest BCUT2D eigenvalue weighted by Crippen LogP contribution is 2.26. The summed E-state index contributed by atoms with van der Waals surface area (Å²) in [4.78, 5) is 13.0. The quantitative estimate of drug-likeness (QED) is 0.760. The Hall–Kier alpha value is -0.610. The van der Waals surface area contributed by atoms with Gasteiger partial charge in [-0.1, -0.05) is 13.8 Å². The van der Waals surface area contributed by atoms with Crippen LogP contribution in [-0.2, 0) is 9.53 Å². The summed E-state index contributed by atoms with van der Waals surface area (Å²) in [6.45, 7) is 9.50. The van der Waals surface area contributed by atoms with Crippen LogP contribution in [0.2, 0.25) is 0 Å². The van der Waals surface area contributed by atoms with E-state index in [2.05, 4.69) is 4.90 Å². The first-order chi connectivity index (χ1) is 6.96. The second kappa shape index (κ2) is 6.08. The highest BCUT2D eigenvalue weighted by Gasteiger charge is 2.40. The Morgan fingerprint density at radius 2 is 2.00 bits per heavy atom. The Morgan fingerprint density at radius 1 is 1.47 bits per heavy atom. The SMILES string of the molecule is CC.CN1CCOCC1C(C)(C)C(=O)O. The van der Waals surface area contributed by atoms with Crippen molar-refractivity contribution in [1.82, 2.24) is 4.90 Å². The minimum atomic E-state index is -0.769. The minimum absolute atomic E-state index is 0.0289. The van der Waals surface area contributed by atoms with Gasteiger partial charge in [0.25, 0.3) is 0 Å². The predicted molar refractivity (Wildman–Crippen MR) is 60.0 cm³/mol.